The minimum Gasteiger partial charge on any atom is -0.475 e. The summed E-state index contributed by atoms with van der Waals surface area (Å²) in [4.78, 5) is 31.8. The Balaban J connectivity index is 1.83. The Bertz CT molecular complexity index is 1400. The van der Waals surface area contributed by atoms with Crippen molar-refractivity contribution in [2.24, 2.45) is 0 Å². The minimum atomic E-state index is -4.76. The third-order valence-electron chi connectivity index (χ3n) is 5.88. The lowest BCUT2D eigenvalue weighted by molar-refractivity contribution is -0.148. The summed E-state index contributed by atoms with van der Waals surface area (Å²) >= 11 is 0. The summed E-state index contributed by atoms with van der Waals surface area (Å²) in [6, 6.07) is 12.5. The zero-order chi connectivity index (χ0) is 27.6. The van der Waals surface area contributed by atoms with Crippen molar-refractivity contribution in [1.82, 2.24) is 9.88 Å². The number of ether oxygens (including phenoxy) is 1. The molecule has 0 saturated heterocycles. The standard InChI is InChI=1S/C27H22F4N4O3/c1-15(2)38-22-10-7-16(13-33-22)24-23(25(36)34-18-8-9-21(28)17(11-18)12-32)19-5-3-4-6-20(19)26(37)35(24)14-27(29,30)31/h3-11,13,15,23-24H,14H2,1-2H3,(H,34,36)/t23?,24-/m1/s1. The van der Waals surface area contributed by atoms with E-state index in [0.29, 0.717) is 4.90 Å². The molecule has 0 fully saturated rings. The number of carbonyl (C=O) groups excluding carboxylic acids is 2. The van der Waals surface area contributed by atoms with Gasteiger partial charge in [0.15, 0.2) is 0 Å². The van der Waals surface area contributed by atoms with E-state index in [-0.39, 0.29) is 39.9 Å². The van der Waals surface area contributed by atoms with Gasteiger partial charge in [0, 0.05) is 23.5 Å². The first-order valence-corrected chi connectivity index (χ1v) is 11.6. The first-order chi connectivity index (χ1) is 18.0. The monoisotopic (exact) mass is 526 g/mol. The molecule has 38 heavy (non-hydrogen) atoms. The molecule has 7 nitrogen and oxygen atoms in total. The average Bonchev–Trinajstić information content (AvgIpc) is 2.86. The second-order valence-electron chi connectivity index (χ2n) is 8.95. The molecule has 0 aliphatic carbocycles. The van der Waals surface area contributed by atoms with Crippen LogP contribution >= 0.6 is 0 Å². The molecule has 0 bridgehead atoms. The Morgan fingerprint density at radius 2 is 1.92 bits per heavy atom. The van der Waals surface area contributed by atoms with Gasteiger partial charge in [0.25, 0.3) is 5.91 Å². The van der Waals surface area contributed by atoms with Crippen LogP contribution in [0.15, 0.2) is 60.8 Å². The number of pyridine rings is 1. The molecule has 4 rings (SSSR count). The second-order valence-corrected chi connectivity index (χ2v) is 8.95. The molecule has 1 N–H and O–H groups in total. The molecule has 0 radical (unpaired) electrons. The number of hydrogen-bond donors (Lipinski definition) is 1. The summed E-state index contributed by atoms with van der Waals surface area (Å²) < 4.78 is 60.4. The average molecular weight is 526 g/mol. The molecule has 2 atom stereocenters. The number of nitrogens with one attached hydrogen (secondary N) is 1. The predicted molar refractivity (Wildman–Crippen MR) is 129 cm³/mol. The van der Waals surface area contributed by atoms with E-state index in [1.54, 1.807) is 26.0 Å². The van der Waals surface area contributed by atoms with Gasteiger partial charge >= 0.3 is 6.18 Å². The number of fused-ring (bicyclic) bond motifs is 1. The van der Waals surface area contributed by atoms with Crippen LogP contribution in [0.25, 0.3) is 0 Å². The fraction of sp³-hybridized carbons (Fsp3) is 0.259. The highest BCUT2D eigenvalue weighted by atomic mass is 19.4. The van der Waals surface area contributed by atoms with Crippen molar-refractivity contribution in [3.63, 3.8) is 0 Å². The van der Waals surface area contributed by atoms with Gasteiger partial charge in [-0.3, -0.25) is 9.59 Å². The number of nitriles is 1. The quantitative estimate of drug-likeness (QED) is 0.437. The Labute approximate surface area is 215 Å². The first-order valence-electron chi connectivity index (χ1n) is 11.6. The molecular formula is C27H22F4N4O3. The summed E-state index contributed by atoms with van der Waals surface area (Å²) in [5, 5.41) is 11.7. The predicted octanol–water partition coefficient (Wildman–Crippen LogP) is 5.36. The number of hydrogen-bond acceptors (Lipinski definition) is 5. The Hall–Kier alpha value is -4.46. The molecule has 11 heteroatoms. The van der Waals surface area contributed by atoms with E-state index in [1.807, 2.05) is 0 Å². The number of anilines is 1. The highest BCUT2D eigenvalue weighted by Crippen LogP contribution is 2.44. The zero-order valence-electron chi connectivity index (χ0n) is 20.3. The Morgan fingerprint density at radius 3 is 2.55 bits per heavy atom. The van der Waals surface area contributed by atoms with E-state index >= 15 is 0 Å². The third kappa shape index (κ3) is 5.59. The van der Waals surface area contributed by atoms with E-state index in [4.69, 9.17) is 10.00 Å². The van der Waals surface area contributed by atoms with Crippen LogP contribution < -0.4 is 10.1 Å². The van der Waals surface area contributed by atoms with Crippen LogP contribution in [0.5, 0.6) is 5.88 Å². The summed E-state index contributed by atoms with van der Waals surface area (Å²) in [6.07, 6.45) is -3.68. The molecule has 1 aliphatic heterocycles. The normalized spacial score (nSPS) is 17.1. The summed E-state index contributed by atoms with van der Waals surface area (Å²) in [6.45, 7) is 1.96. The van der Waals surface area contributed by atoms with Crippen molar-refractivity contribution < 1.29 is 31.9 Å². The van der Waals surface area contributed by atoms with Gasteiger partial charge in [-0.05, 0) is 49.2 Å². The van der Waals surface area contributed by atoms with Crippen molar-refractivity contribution in [1.29, 1.82) is 5.26 Å². The van der Waals surface area contributed by atoms with Crippen molar-refractivity contribution in [2.75, 3.05) is 11.9 Å². The maximum Gasteiger partial charge on any atom is 0.406 e. The molecule has 1 aromatic heterocycles. The SMILES string of the molecule is CC(C)Oc1ccc([C@@H]2C(C(=O)Nc3ccc(F)c(C#N)c3)c3ccccc3C(=O)N2CC(F)(F)F)cn1. The van der Waals surface area contributed by atoms with Gasteiger partial charge in [0.1, 0.15) is 18.4 Å². The van der Waals surface area contributed by atoms with E-state index in [0.717, 1.165) is 12.1 Å². The van der Waals surface area contributed by atoms with Crippen LogP contribution in [0.2, 0.25) is 0 Å². The van der Waals surface area contributed by atoms with Crippen LogP contribution in [-0.4, -0.2) is 40.5 Å². The molecule has 0 spiro atoms. The van der Waals surface area contributed by atoms with Gasteiger partial charge in [-0.1, -0.05) is 24.3 Å². The summed E-state index contributed by atoms with van der Waals surface area (Å²) in [7, 11) is 0. The molecule has 2 aromatic carbocycles. The molecule has 2 heterocycles. The second kappa shape index (κ2) is 10.5. The van der Waals surface area contributed by atoms with E-state index < -0.39 is 42.3 Å². The smallest absolute Gasteiger partial charge is 0.406 e. The van der Waals surface area contributed by atoms with Gasteiger partial charge in [-0.15, -0.1) is 0 Å². The molecule has 3 aromatic rings. The van der Waals surface area contributed by atoms with E-state index in [2.05, 4.69) is 10.3 Å². The Kier molecular flexibility index (Phi) is 7.35. The van der Waals surface area contributed by atoms with Gasteiger partial charge in [-0.25, -0.2) is 9.37 Å². The zero-order valence-corrected chi connectivity index (χ0v) is 20.3. The van der Waals surface area contributed by atoms with E-state index in [9.17, 15) is 27.2 Å². The van der Waals surface area contributed by atoms with Crippen LogP contribution in [0.4, 0.5) is 23.2 Å². The molecule has 2 amide bonds. The number of aromatic nitrogens is 1. The molecule has 1 unspecified atom stereocenters. The summed E-state index contributed by atoms with van der Waals surface area (Å²) in [5.74, 6) is -3.49. The number of benzene rings is 2. The van der Waals surface area contributed by atoms with Crippen molar-refractivity contribution in [2.45, 2.75) is 38.1 Å². The van der Waals surface area contributed by atoms with Crippen LogP contribution in [0, 0.1) is 17.1 Å². The van der Waals surface area contributed by atoms with Gasteiger partial charge in [0.2, 0.25) is 11.8 Å². The van der Waals surface area contributed by atoms with E-state index in [1.165, 1.54) is 42.6 Å². The van der Waals surface area contributed by atoms with Crippen LogP contribution in [-0.2, 0) is 4.79 Å². The number of carbonyl (C=O) groups is 2. The Morgan fingerprint density at radius 1 is 1.18 bits per heavy atom. The molecular weight excluding hydrogens is 504 g/mol. The highest BCUT2D eigenvalue weighted by Gasteiger charge is 2.48. The molecule has 196 valence electrons. The lowest BCUT2D eigenvalue weighted by atomic mass is 9.79. The highest BCUT2D eigenvalue weighted by molar-refractivity contribution is 6.04. The first kappa shape index (κ1) is 26.6. The molecule has 0 saturated carbocycles. The number of amides is 2. The fourth-order valence-corrected chi connectivity index (χ4v) is 4.40. The van der Waals surface area contributed by atoms with Gasteiger partial charge < -0.3 is 15.0 Å². The maximum atomic E-state index is 13.8. The topological polar surface area (TPSA) is 95.3 Å². The lowest BCUT2D eigenvalue weighted by Crippen LogP contribution is -2.49. The van der Waals surface area contributed by atoms with Crippen LogP contribution in [0.3, 0.4) is 0 Å². The number of rotatable bonds is 6. The third-order valence-corrected chi connectivity index (χ3v) is 5.88. The van der Waals surface area contributed by atoms with Gasteiger partial charge in [0.05, 0.1) is 23.6 Å². The minimum absolute atomic E-state index is 0.0438. The maximum absolute atomic E-state index is 13.8. The number of nitrogens with zero attached hydrogens (tertiary/aromatic N) is 3. The molecule has 1 aliphatic rings. The largest absolute Gasteiger partial charge is 0.475 e. The van der Waals surface area contributed by atoms with Crippen molar-refractivity contribution in [3.05, 3.63) is 88.9 Å². The van der Waals surface area contributed by atoms with Gasteiger partial charge in [-0.2, -0.15) is 18.4 Å². The van der Waals surface area contributed by atoms with Crippen molar-refractivity contribution in [3.8, 4) is 11.9 Å². The van der Waals surface area contributed by atoms with Crippen molar-refractivity contribution >= 4 is 17.5 Å². The lowest BCUT2D eigenvalue weighted by Gasteiger charge is -2.41. The number of alkyl halides is 3. The fourth-order valence-electron chi connectivity index (χ4n) is 4.40. The van der Waals surface area contributed by atoms with Crippen LogP contribution in [0.1, 0.15) is 52.9 Å². The summed E-state index contributed by atoms with van der Waals surface area (Å²) in [5.41, 5.74) is 0.121. The number of halogens is 4.